The smallest absolute Gasteiger partial charge is 0.243 e. The molecule has 2 saturated carbocycles. The summed E-state index contributed by atoms with van der Waals surface area (Å²) in [4.78, 5) is 19.3. The van der Waals surface area contributed by atoms with Gasteiger partial charge < -0.3 is 19.4 Å². The predicted molar refractivity (Wildman–Crippen MR) is 153 cm³/mol. The molecule has 2 aliphatic carbocycles. The molecule has 7 heteroatoms. The molecular formula is C33H40FN3O3. The summed E-state index contributed by atoms with van der Waals surface area (Å²) in [5.74, 6) is 1.49. The number of carbonyl (C=O) groups excluding carboxylic acids is 1. The summed E-state index contributed by atoms with van der Waals surface area (Å²) in [5.41, 5.74) is 2.61. The van der Waals surface area contributed by atoms with E-state index in [0.29, 0.717) is 11.9 Å². The molecule has 3 aromatic rings. The van der Waals surface area contributed by atoms with Crippen molar-refractivity contribution >= 4 is 16.9 Å². The van der Waals surface area contributed by atoms with Gasteiger partial charge in [-0.2, -0.15) is 0 Å². The van der Waals surface area contributed by atoms with Gasteiger partial charge in [0.2, 0.25) is 12.7 Å². The molecule has 0 spiro atoms. The molecule has 40 heavy (non-hydrogen) atoms. The van der Waals surface area contributed by atoms with Crippen molar-refractivity contribution in [2.24, 2.45) is 11.8 Å². The van der Waals surface area contributed by atoms with Gasteiger partial charge in [0.25, 0.3) is 0 Å². The zero-order valence-corrected chi connectivity index (χ0v) is 23.2. The lowest BCUT2D eigenvalue weighted by molar-refractivity contribution is -0.127. The summed E-state index contributed by atoms with van der Waals surface area (Å²) in [6, 6.07) is 14.9. The molecule has 1 aliphatic heterocycles. The van der Waals surface area contributed by atoms with Gasteiger partial charge in [-0.1, -0.05) is 68.9 Å². The standard InChI is InChI=1S/C33H40FN3O3/c34-26-16-17-28-29(20-26)37(32(24-12-6-2-7-13-24)33(38)35-27-14-8-3-9-15-27)31(36-28)19-25(30-21-39-22-40-30)18-23-10-4-1-5-11-23/h1,4-5,10-11,16-17,20-21,24-25,27,32H,2-3,6-9,12-15,18-19,22H2,(H,35,38). The van der Waals surface area contributed by atoms with Gasteiger partial charge in [0.05, 0.1) is 11.0 Å². The quantitative estimate of drug-likeness (QED) is 0.315. The van der Waals surface area contributed by atoms with Crippen molar-refractivity contribution in [1.82, 2.24) is 14.9 Å². The lowest BCUT2D eigenvalue weighted by Gasteiger charge is -2.34. The molecule has 2 fully saturated rings. The van der Waals surface area contributed by atoms with Crippen LogP contribution in [-0.2, 0) is 27.1 Å². The van der Waals surface area contributed by atoms with E-state index in [2.05, 4.69) is 22.0 Å². The van der Waals surface area contributed by atoms with Gasteiger partial charge in [-0.05, 0) is 61.8 Å². The van der Waals surface area contributed by atoms with Crippen LogP contribution in [-0.4, -0.2) is 28.3 Å². The molecule has 1 amide bonds. The van der Waals surface area contributed by atoms with Gasteiger partial charge in [-0.3, -0.25) is 4.79 Å². The van der Waals surface area contributed by atoms with E-state index in [9.17, 15) is 9.18 Å². The summed E-state index contributed by atoms with van der Waals surface area (Å²) < 4.78 is 28.1. The van der Waals surface area contributed by atoms with Gasteiger partial charge in [-0.15, -0.1) is 0 Å². The van der Waals surface area contributed by atoms with Gasteiger partial charge in [0.15, 0.2) is 0 Å². The largest absolute Gasteiger partial charge is 0.462 e. The number of hydrogen-bond acceptors (Lipinski definition) is 4. The average Bonchev–Trinajstić information content (AvgIpc) is 3.64. The first-order valence-electron chi connectivity index (χ1n) is 15.1. The number of aromatic nitrogens is 2. The Morgan fingerprint density at radius 3 is 2.45 bits per heavy atom. The maximum atomic E-state index is 14.7. The highest BCUT2D eigenvalue weighted by molar-refractivity contribution is 5.85. The molecule has 2 unspecified atom stereocenters. The Kier molecular flexibility index (Phi) is 8.35. The van der Waals surface area contributed by atoms with Crippen LogP contribution in [0.3, 0.4) is 0 Å². The number of allylic oxidation sites excluding steroid dienone is 1. The molecule has 1 N–H and O–H groups in total. The van der Waals surface area contributed by atoms with Crippen LogP contribution < -0.4 is 5.32 Å². The fourth-order valence-corrected chi connectivity index (χ4v) is 6.95. The normalized spacial score (nSPS) is 20.0. The van der Waals surface area contributed by atoms with Gasteiger partial charge in [0.1, 0.15) is 29.7 Å². The van der Waals surface area contributed by atoms with E-state index in [0.717, 1.165) is 74.9 Å². The van der Waals surface area contributed by atoms with Crippen LogP contribution in [0.4, 0.5) is 4.39 Å². The molecule has 212 valence electrons. The number of amides is 1. The van der Waals surface area contributed by atoms with E-state index in [1.54, 1.807) is 18.4 Å². The Morgan fingerprint density at radius 1 is 0.975 bits per heavy atom. The summed E-state index contributed by atoms with van der Waals surface area (Å²) in [7, 11) is 0. The van der Waals surface area contributed by atoms with Crippen molar-refractivity contribution in [3.05, 3.63) is 77.8 Å². The highest BCUT2D eigenvalue weighted by atomic mass is 19.1. The molecule has 2 heterocycles. The molecule has 3 aliphatic rings. The number of halogens is 1. The van der Waals surface area contributed by atoms with Crippen molar-refractivity contribution in [2.45, 2.75) is 89.1 Å². The Morgan fingerprint density at radius 2 is 1.73 bits per heavy atom. The summed E-state index contributed by atoms with van der Waals surface area (Å²) in [5, 5.41) is 3.42. The number of carbonyl (C=O) groups is 1. The van der Waals surface area contributed by atoms with E-state index >= 15 is 0 Å². The minimum absolute atomic E-state index is 0.0290. The number of benzene rings is 2. The molecule has 1 aromatic heterocycles. The molecule has 6 rings (SSSR count). The second kappa shape index (κ2) is 12.4. The third-order valence-electron chi connectivity index (χ3n) is 8.97. The number of nitrogens with one attached hydrogen (secondary N) is 1. The molecule has 0 bridgehead atoms. The molecule has 0 radical (unpaired) electrons. The van der Waals surface area contributed by atoms with E-state index in [1.165, 1.54) is 24.5 Å². The van der Waals surface area contributed by atoms with Crippen molar-refractivity contribution < 1.29 is 18.7 Å². The first-order valence-corrected chi connectivity index (χ1v) is 15.1. The average molecular weight is 546 g/mol. The van der Waals surface area contributed by atoms with Crippen molar-refractivity contribution in [2.75, 3.05) is 6.79 Å². The minimum atomic E-state index is -0.420. The Balaban J connectivity index is 1.41. The monoisotopic (exact) mass is 545 g/mol. The van der Waals surface area contributed by atoms with E-state index < -0.39 is 6.04 Å². The van der Waals surface area contributed by atoms with Gasteiger partial charge >= 0.3 is 0 Å². The molecule has 2 atom stereocenters. The Labute approximate surface area is 236 Å². The van der Waals surface area contributed by atoms with Crippen LogP contribution in [0.5, 0.6) is 0 Å². The number of ether oxygens (including phenoxy) is 2. The SMILES string of the molecule is O=C(NC1CCCCC1)C(C1CCCCC1)n1c(CC(Cc2ccccc2)C2=COCO2)nc2ccc(F)cc21. The van der Waals surface area contributed by atoms with E-state index in [1.807, 2.05) is 18.2 Å². The first kappa shape index (κ1) is 26.9. The van der Waals surface area contributed by atoms with Crippen LogP contribution in [0.2, 0.25) is 0 Å². The number of fused-ring (bicyclic) bond motifs is 1. The van der Waals surface area contributed by atoms with Crippen LogP contribution in [0.25, 0.3) is 11.0 Å². The van der Waals surface area contributed by atoms with Gasteiger partial charge in [-0.25, -0.2) is 9.37 Å². The summed E-state index contributed by atoms with van der Waals surface area (Å²) in [6.45, 7) is 0.205. The summed E-state index contributed by atoms with van der Waals surface area (Å²) >= 11 is 0. The van der Waals surface area contributed by atoms with Crippen LogP contribution in [0.1, 0.15) is 81.6 Å². The minimum Gasteiger partial charge on any atom is -0.462 e. The number of nitrogens with zero attached hydrogens (tertiary/aromatic N) is 2. The second-order valence-corrected chi connectivity index (χ2v) is 11.8. The predicted octanol–water partition coefficient (Wildman–Crippen LogP) is 6.99. The first-order chi connectivity index (χ1) is 19.7. The topological polar surface area (TPSA) is 65.4 Å². The maximum absolute atomic E-state index is 14.7. The molecular weight excluding hydrogens is 505 g/mol. The third-order valence-corrected chi connectivity index (χ3v) is 8.97. The zero-order chi connectivity index (χ0) is 27.3. The second-order valence-electron chi connectivity index (χ2n) is 11.8. The van der Waals surface area contributed by atoms with Crippen molar-refractivity contribution in [3.63, 3.8) is 0 Å². The highest BCUT2D eigenvalue weighted by Crippen LogP contribution is 2.38. The Bertz CT molecular complexity index is 1330. The fourth-order valence-electron chi connectivity index (χ4n) is 6.95. The van der Waals surface area contributed by atoms with E-state index in [4.69, 9.17) is 14.5 Å². The van der Waals surface area contributed by atoms with Crippen molar-refractivity contribution in [3.8, 4) is 0 Å². The highest BCUT2D eigenvalue weighted by Gasteiger charge is 2.36. The molecule has 6 nitrogen and oxygen atoms in total. The molecule has 2 aromatic carbocycles. The van der Waals surface area contributed by atoms with Crippen molar-refractivity contribution in [1.29, 1.82) is 0 Å². The Hall–Kier alpha value is -3.35. The lowest BCUT2D eigenvalue weighted by atomic mass is 9.82. The number of rotatable bonds is 9. The third kappa shape index (κ3) is 6.03. The van der Waals surface area contributed by atoms with Crippen LogP contribution in [0.15, 0.2) is 60.6 Å². The zero-order valence-electron chi connectivity index (χ0n) is 23.2. The molecule has 0 saturated heterocycles. The lowest BCUT2D eigenvalue weighted by Crippen LogP contribution is -2.44. The van der Waals surface area contributed by atoms with Crippen LogP contribution in [0, 0.1) is 17.7 Å². The van der Waals surface area contributed by atoms with E-state index in [-0.39, 0.29) is 36.4 Å². The van der Waals surface area contributed by atoms with Gasteiger partial charge in [0, 0.05) is 18.4 Å². The van der Waals surface area contributed by atoms with Crippen LogP contribution >= 0.6 is 0 Å². The number of hydrogen-bond donors (Lipinski definition) is 1. The fraction of sp³-hybridized carbons (Fsp3) is 0.515. The maximum Gasteiger partial charge on any atom is 0.243 e. The summed E-state index contributed by atoms with van der Waals surface area (Å²) in [6.07, 6.45) is 14.0. The number of imidazole rings is 1.